The van der Waals surface area contributed by atoms with E-state index in [-0.39, 0.29) is 0 Å². The largest absolute Gasteiger partial charge is 0.354 e. The second-order valence-electron chi connectivity index (χ2n) is 4.91. The lowest BCUT2D eigenvalue weighted by atomic mass is 10.9. The first-order chi connectivity index (χ1) is 8.46. The molecule has 0 aliphatic carbocycles. The first-order valence-corrected chi connectivity index (χ1v) is 13.5. The molecule has 0 bridgehead atoms. The minimum Gasteiger partial charge on any atom is -0.354 e. The van der Waals surface area contributed by atoms with E-state index in [1.165, 1.54) is 0 Å². The summed E-state index contributed by atoms with van der Waals surface area (Å²) in [5.41, 5.74) is 0. The van der Waals surface area contributed by atoms with Crippen LogP contribution in [-0.4, -0.2) is 21.5 Å². The van der Waals surface area contributed by atoms with Gasteiger partial charge in [-0.2, -0.15) is 0 Å². The number of hydrogen-bond acceptors (Lipinski definition) is 3. The Morgan fingerprint density at radius 3 is 1.06 bits per heavy atom. The molecule has 0 saturated carbocycles. The molecule has 0 aromatic heterocycles. The minimum atomic E-state index is -1.74. The normalized spacial score (nSPS) is 13.3. The summed E-state index contributed by atoms with van der Waals surface area (Å²) in [6, 6.07) is 6.34. The van der Waals surface area contributed by atoms with Crippen LogP contribution in [0.2, 0.25) is 36.3 Å². The van der Waals surface area contributed by atoms with Gasteiger partial charge in [-0.1, -0.05) is 41.5 Å². The summed E-state index contributed by atoms with van der Waals surface area (Å²) in [7, 11) is -5.15. The number of hydrogen-bond donors (Lipinski definition) is 1. The molecule has 0 fully saturated rings. The molecular weight excluding hydrogens is 279 g/mol. The third kappa shape index (κ3) is 5.02. The van der Waals surface area contributed by atoms with E-state index in [0.29, 0.717) is 0 Å². The molecule has 0 unspecified atom stereocenters. The van der Waals surface area contributed by atoms with Crippen molar-refractivity contribution >= 4 is 25.2 Å². The van der Waals surface area contributed by atoms with Gasteiger partial charge in [0.15, 0.2) is 0 Å². The fraction of sp³-hybridized carbons (Fsp3) is 1.00. The second-order valence-corrected chi connectivity index (χ2v) is 15.8. The van der Waals surface area contributed by atoms with Crippen LogP contribution in [0.5, 0.6) is 0 Å². The van der Waals surface area contributed by atoms with Crippen LogP contribution in [0.25, 0.3) is 0 Å². The minimum absolute atomic E-state index is 1.06. The lowest BCUT2D eigenvalue weighted by molar-refractivity contribution is 0.366. The highest BCUT2D eigenvalue weighted by atomic mass is 31.2. The predicted molar refractivity (Wildman–Crippen MR) is 85.7 cm³/mol. The quantitative estimate of drug-likeness (QED) is 0.442. The van der Waals surface area contributed by atoms with Gasteiger partial charge < -0.3 is 13.3 Å². The Bertz CT molecular complexity index is 183. The molecule has 18 heavy (non-hydrogen) atoms. The summed E-state index contributed by atoms with van der Waals surface area (Å²) in [6.45, 7) is 13.0. The lowest BCUT2D eigenvalue weighted by Gasteiger charge is -2.34. The predicted octanol–water partition coefficient (Wildman–Crippen LogP) is 5.25. The molecule has 0 aliphatic rings. The molecule has 6 heteroatoms. The smallest absolute Gasteiger partial charge is 0.308 e. The van der Waals surface area contributed by atoms with Gasteiger partial charge in [0, 0.05) is 0 Å². The summed E-state index contributed by atoms with van der Waals surface area (Å²) >= 11 is 0. The highest BCUT2D eigenvalue weighted by Crippen LogP contribution is 2.45. The fourth-order valence-electron chi connectivity index (χ4n) is 2.24. The van der Waals surface area contributed by atoms with Crippen LogP contribution in [0.4, 0.5) is 0 Å². The molecule has 0 aliphatic heterocycles. The lowest BCUT2D eigenvalue weighted by Crippen LogP contribution is -2.38. The van der Waals surface area contributed by atoms with Crippen molar-refractivity contribution in [2.75, 3.05) is 0 Å². The van der Waals surface area contributed by atoms with E-state index in [4.69, 9.17) is 8.43 Å². The van der Waals surface area contributed by atoms with Crippen LogP contribution in [-0.2, 0) is 8.43 Å². The van der Waals surface area contributed by atoms with Gasteiger partial charge in [0.05, 0.1) is 0 Å². The van der Waals surface area contributed by atoms with Crippen molar-refractivity contribution in [3.63, 3.8) is 0 Å². The van der Waals surface area contributed by atoms with E-state index in [0.717, 1.165) is 36.3 Å². The molecule has 0 atom stereocenters. The van der Waals surface area contributed by atoms with Crippen molar-refractivity contribution in [3.05, 3.63) is 0 Å². The Hall–Kier alpha value is 0.744. The van der Waals surface area contributed by atoms with Crippen LogP contribution in [0.15, 0.2) is 0 Å². The maximum absolute atomic E-state index is 10.2. The second kappa shape index (κ2) is 8.82. The van der Waals surface area contributed by atoms with E-state index >= 15 is 0 Å². The summed E-state index contributed by atoms with van der Waals surface area (Å²) in [6.07, 6.45) is 0. The maximum Gasteiger partial charge on any atom is 0.308 e. The Morgan fingerprint density at radius 1 is 0.667 bits per heavy atom. The molecule has 3 nitrogen and oxygen atoms in total. The molecule has 110 valence electrons. The maximum atomic E-state index is 10.2. The van der Waals surface area contributed by atoms with Crippen molar-refractivity contribution < 1.29 is 13.3 Å². The zero-order valence-electron chi connectivity index (χ0n) is 13.0. The molecule has 0 amide bonds. The first kappa shape index (κ1) is 18.7. The van der Waals surface area contributed by atoms with Gasteiger partial charge in [0.1, 0.15) is 0 Å². The molecule has 0 saturated heterocycles. The average Bonchev–Trinajstić information content (AvgIpc) is 2.42. The topological polar surface area (TPSA) is 38.7 Å². The standard InChI is InChI=1S/C12H31O3PSi2/c1-7-17(8-2,9-3)14-16(13)15-18(10-4,11-5)12-6/h13H,7-12H2,1-6H3. The van der Waals surface area contributed by atoms with Gasteiger partial charge >= 0.3 is 8.60 Å². The van der Waals surface area contributed by atoms with E-state index in [1.54, 1.807) is 0 Å². The molecule has 0 radical (unpaired) electrons. The summed E-state index contributed by atoms with van der Waals surface area (Å²) in [5.74, 6) is 0. The third-order valence-electron chi connectivity index (χ3n) is 4.41. The summed E-state index contributed by atoms with van der Waals surface area (Å²) in [5, 5.41) is 0. The molecule has 0 aromatic carbocycles. The van der Waals surface area contributed by atoms with Crippen LogP contribution >= 0.6 is 8.60 Å². The fourth-order valence-corrected chi connectivity index (χ4v) is 11.5. The highest BCUT2D eigenvalue weighted by Gasteiger charge is 2.37. The zero-order valence-corrected chi connectivity index (χ0v) is 15.8. The average molecular weight is 311 g/mol. The monoisotopic (exact) mass is 310 g/mol. The van der Waals surface area contributed by atoms with Gasteiger partial charge in [-0.05, 0) is 36.3 Å². The summed E-state index contributed by atoms with van der Waals surface area (Å²) in [4.78, 5) is 10.2. The van der Waals surface area contributed by atoms with Crippen LogP contribution in [0.3, 0.4) is 0 Å². The zero-order chi connectivity index (χ0) is 14.2. The third-order valence-corrected chi connectivity index (χ3v) is 16.5. The van der Waals surface area contributed by atoms with E-state index in [1.807, 2.05) is 0 Å². The SMILES string of the molecule is CC[Si](CC)(CC)OP(O)O[Si](CC)(CC)CC. The van der Waals surface area contributed by atoms with Crippen molar-refractivity contribution in [3.8, 4) is 0 Å². The van der Waals surface area contributed by atoms with Crippen molar-refractivity contribution in [2.45, 2.75) is 77.8 Å². The molecule has 0 heterocycles. The van der Waals surface area contributed by atoms with Crippen LogP contribution in [0.1, 0.15) is 41.5 Å². The van der Waals surface area contributed by atoms with Crippen LogP contribution in [0, 0.1) is 0 Å². The van der Waals surface area contributed by atoms with Crippen LogP contribution < -0.4 is 0 Å². The van der Waals surface area contributed by atoms with E-state index in [9.17, 15) is 4.89 Å². The Kier molecular flexibility index (Phi) is 9.19. The molecule has 0 aromatic rings. The van der Waals surface area contributed by atoms with Crippen molar-refractivity contribution in [1.82, 2.24) is 0 Å². The van der Waals surface area contributed by atoms with E-state index < -0.39 is 25.2 Å². The molecule has 1 N–H and O–H groups in total. The molecule has 0 rings (SSSR count). The Balaban J connectivity index is 4.61. The van der Waals surface area contributed by atoms with Gasteiger partial charge in [-0.15, -0.1) is 0 Å². The molecule has 0 spiro atoms. The van der Waals surface area contributed by atoms with Gasteiger partial charge in [-0.25, -0.2) is 0 Å². The molecular formula is C12H31O3PSi2. The van der Waals surface area contributed by atoms with Crippen molar-refractivity contribution in [1.29, 1.82) is 0 Å². The van der Waals surface area contributed by atoms with E-state index in [2.05, 4.69) is 41.5 Å². The summed E-state index contributed by atoms with van der Waals surface area (Å²) < 4.78 is 12.0. The van der Waals surface area contributed by atoms with Crippen molar-refractivity contribution in [2.24, 2.45) is 0 Å². The number of rotatable bonds is 10. The van der Waals surface area contributed by atoms with Gasteiger partial charge in [0.25, 0.3) is 0 Å². The Morgan fingerprint density at radius 2 is 0.889 bits per heavy atom. The highest BCUT2D eigenvalue weighted by molar-refractivity contribution is 7.44. The van der Waals surface area contributed by atoms with Gasteiger partial charge in [-0.3, -0.25) is 0 Å². The first-order valence-electron chi connectivity index (χ1n) is 7.34. The Labute approximate surface area is 117 Å². The van der Waals surface area contributed by atoms with Gasteiger partial charge in [0.2, 0.25) is 16.6 Å².